The fourth-order valence-electron chi connectivity index (χ4n) is 2.16. The van der Waals surface area contributed by atoms with Gasteiger partial charge in [0.1, 0.15) is 0 Å². The van der Waals surface area contributed by atoms with Crippen LogP contribution in [0.2, 0.25) is 0 Å². The minimum absolute atomic E-state index is 0.0526. The molecule has 1 heterocycles. The van der Waals surface area contributed by atoms with Gasteiger partial charge in [-0.2, -0.15) is 0 Å². The van der Waals surface area contributed by atoms with Gasteiger partial charge in [-0.05, 0) is 25.7 Å². The predicted molar refractivity (Wildman–Crippen MR) is 67.5 cm³/mol. The standard InChI is InChI=1S/C12H18N2O3S/c1-3-16-11(15)10-13-14-12(17-10)18-9-6-4-5-8(2)7-9/h8-9H,3-7H2,1-2H3. The normalized spacial score (nSPS) is 23.9. The van der Waals surface area contributed by atoms with Crippen molar-refractivity contribution in [1.82, 2.24) is 10.2 Å². The summed E-state index contributed by atoms with van der Waals surface area (Å²) in [5.74, 6) is 0.153. The van der Waals surface area contributed by atoms with Crippen LogP contribution in [0.15, 0.2) is 9.64 Å². The third kappa shape index (κ3) is 3.48. The molecule has 1 aromatic rings. The van der Waals surface area contributed by atoms with E-state index in [1.54, 1.807) is 18.7 Å². The largest absolute Gasteiger partial charge is 0.459 e. The second-order valence-corrected chi connectivity index (χ2v) is 5.86. The molecule has 18 heavy (non-hydrogen) atoms. The Bertz CT molecular complexity index is 408. The molecule has 1 aliphatic rings. The van der Waals surface area contributed by atoms with Gasteiger partial charge in [-0.1, -0.05) is 36.6 Å². The van der Waals surface area contributed by atoms with Gasteiger partial charge < -0.3 is 9.15 Å². The van der Waals surface area contributed by atoms with Crippen LogP contribution in [0.5, 0.6) is 0 Å². The van der Waals surface area contributed by atoms with E-state index in [1.165, 1.54) is 25.7 Å². The Labute approximate surface area is 111 Å². The van der Waals surface area contributed by atoms with Gasteiger partial charge in [0.2, 0.25) is 0 Å². The van der Waals surface area contributed by atoms with E-state index in [1.807, 2.05) is 0 Å². The summed E-state index contributed by atoms with van der Waals surface area (Å²) in [4.78, 5) is 11.4. The molecule has 1 saturated carbocycles. The van der Waals surface area contributed by atoms with Crippen LogP contribution in [-0.4, -0.2) is 28.0 Å². The fraction of sp³-hybridized carbons (Fsp3) is 0.750. The lowest BCUT2D eigenvalue weighted by molar-refractivity contribution is 0.0475. The number of carbonyl (C=O) groups is 1. The maximum atomic E-state index is 11.4. The zero-order valence-corrected chi connectivity index (χ0v) is 11.5. The summed E-state index contributed by atoms with van der Waals surface area (Å²) >= 11 is 1.58. The summed E-state index contributed by atoms with van der Waals surface area (Å²) < 4.78 is 10.1. The molecule has 1 aliphatic carbocycles. The van der Waals surface area contributed by atoms with Gasteiger partial charge in [0.15, 0.2) is 0 Å². The molecule has 0 bridgehead atoms. The lowest BCUT2D eigenvalue weighted by Gasteiger charge is -2.24. The van der Waals surface area contributed by atoms with E-state index in [9.17, 15) is 4.79 Å². The van der Waals surface area contributed by atoms with Crippen molar-refractivity contribution in [3.05, 3.63) is 5.89 Å². The highest BCUT2D eigenvalue weighted by Gasteiger charge is 2.23. The molecule has 0 radical (unpaired) electrons. The molecule has 100 valence electrons. The number of esters is 1. The third-order valence-electron chi connectivity index (χ3n) is 3.01. The van der Waals surface area contributed by atoms with E-state index in [4.69, 9.17) is 9.15 Å². The Morgan fingerprint density at radius 2 is 2.33 bits per heavy atom. The quantitative estimate of drug-likeness (QED) is 0.784. The van der Waals surface area contributed by atoms with Crippen molar-refractivity contribution in [2.75, 3.05) is 6.61 Å². The van der Waals surface area contributed by atoms with Crippen molar-refractivity contribution in [1.29, 1.82) is 0 Å². The molecule has 6 heteroatoms. The van der Waals surface area contributed by atoms with Crippen LogP contribution in [-0.2, 0) is 4.74 Å². The average molecular weight is 270 g/mol. The number of thioether (sulfide) groups is 1. The molecule has 2 unspecified atom stereocenters. The van der Waals surface area contributed by atoms with Crippen LogP contribution < -0.4 is 0 Å². The highest BCUT2D eigenvalue weighted by molar-refractivity contribution is 7.99. The monoisotopic (exact) mass is 270 g/mol. The third-order valence-corrected chi connectivity index (χ3v) is 4.14. The summed E-state index contributed by atoms with van der Waals surface area (Å²) in [7, 11) is 0. The Morgan fingerprint density at radius 3 is 3.06 bits per heavy atom. The number of ether oxygens (including phenoxy) is 1. The molecule has 0 aromatic carbocycles. The Kier molecular flexibility index (Phi) is 4.63. The summed E-state index contributed by atoms with van der Waals surface area (Å²) in [6.07, 6.45) is 4.89. The number of carbonyl (C=O) groups excluding carboxylic acids is 1. The number of nitrogens with zero attached hydrogens (tertiary/aromatic N) is 2. The van der Waals surface area contributed by atoms with Crippen molar-refractivity contribution in [2.24, 2.45) is 5.92 Å². The second kappa shape index (κ2) is 6.22. The summed E-state index contributed by atoms with van der Waals surface area (Å²) in [6, 6.07) is 0. The van der Waals surface area contributed by atoms with Crippen molar-refractivity contribution >= 4 is 17.7 Å². The van der Waals surface area contributed by atoms with Gasteiger partial charge in [-0.25, -0.2) is 4.79 Å². The Morgan fingerprint density at radius 1 is 1.50 bits per heavy atom. The van der Waals surface area contributed by atoms with Crippen molar-refractivity contribution < 1.29 is 13.9 Å². The van der Waals surface area contributed by atoms with Crippen LogP contribution in [0, 0.1) is 5.92 Å². The molecule has 0 saturated heterocycles. The molecule has 0 spiro atoms. The molecular formula is C12H18N2O3S. The molecule has 2 rings (SSSR count). The summed E-state index contributed by atoms with van der Waals surface area (Å²) in [5.41, 5.74) is 0. The van der Waals surface area contributed by atoms with Gasteiger partial charge >= 0.3 is 11.9 Å². The lowest BCUT2D eigenvalue weighted by Crippen LogP contribution is -2.14. The fourth-order valence-corrected chi connectivity index (χ4v) is 3.37. The number of aromatic nitrogens is 2. The average Bonchev–Trinajstić information content (AvgIpc) is 2.78. The van der Waals surface area contributed by atoms with E-state index in [0.717, 1.165) is 5.92 Å². The first kappa shape index (κ1) is 13.4. The predicted octanol–water partition coefficient (Wildman–Crippen LogP) is 2.92. The topological polar surface area (TPSA) is 65.2 Å². The molecule has 2 atom stereocenters. The first-order valence-corrected chi connectivity index (χ1v) is 7.24. The molecule has 0 amide bonds. The van der Waals surface area contributed by atoms with Gasteiger partial charge in [-0.15, -0.1) is 5.10 Å². The zero-order valence-electron chi connectivity index (χ0n) is 10.7. The molecular weight excluding hydrogens is 252 g/mol. The van der Waals surface area contributed by atoms with Crippen molar-refractivity contribution in [3.63, 3.8) is 0 Å². The first-order chi connectivity index (χ1) is 8.69. The minimum atomic E-state index is -0.547. The lowest BCUT2D eigenvalue weighted by atomic mass is 9.91. The van der Waals surface area contributed by atoms with Crippen LogP contribution in [0.25, 0.3) is 0 Å². The van der Waals surface area contributed by atoms with Gasteiger partial charge in [-0.3, -0.25) is 0 Å². The summed E-state index contributed by atoms with van der Waals surface area (Å²) in [5, 5.41) is 8.58. The highest BCUT2D eigenvalue weighted by Crippen LogP contribution is 2.35. The minimum Gasteiger partial charge on any atom is -0.459 e. The zero-order chi connectivity index (χ0) is 13.0. The number of hydrogen-bond acceptors (Lipinski definition) is 6. The smallest absolute Gasteiger partial charge is 0.396 e. The van der Waals surface area contributed by atoms with E-state index >= 15 is 0 Å². The van der Waals surface area contributed by atoms with Crippen LogP contribution >= 0.6 is 11.8 Å². The van der Waals surface area contributed by atoms with E-state index in [0.29, 0.717) is 17.1 Å². The van der Waals surface area contributed by atoms with Crippen molar-refractivity contribution in [3.8, 4) is 0 Å². The maximum absolute atomic E-state index is 11.4. The SMILES string of the molecule is CCOC(=O)c1nnc(SC2CCCC(C)C2)o1. The number of rotatable bonds is 4. The van der Waals surface area contributed by atoms with Crippen LogP contribution in [0.1, 0.15) is 50.2 Å². The first-order valence-electron chi connectivity index (χ1n) is 6.36. The Hall–Kier alpha value is -1.04. The van der Waals surface area contributed by atoms with Gasteiger partial charge in [0, 0.05) is 5.25 Å². The Balaban J connectivity index is 1.91. The highest BCUT2D eigenvalue weighted by atomic mass is 32.2. The molecule has 1 fully saturated rings. The van der Waals surface area contributed by atoms with Gasteiger partial charge in [0.05, 0.1) is 6.61 Å². The summed E-state index contributed by atoms with van der Waals surface area (Å²) in [6.45, 7) is 4.32. The van der Waals surface area contributed by atoms with Crippen LogP contribution in [0.3, 0.4) is 0 Å². The second-order valence-electron chi connectivity index (χ2n) is 4.61. The molecule has 1 aromatic heterocycles. The van der Waals surface area contributed by atoms with E-state index in [2.05, 4.69) is 17.1 Å². The maximum Gasteiger partial charge on any atom is 0.396 e. The number of hydrogen-bond donors (Lipinski definition) is 0. The van der Waals surface area contributed by atoms with E-state index in [-0.39, 0.29) is 5.89 Å². The molecule has 5 nitrogen and oxygen atoms in total. The molecule has 0 N–H and O–H groups in total. The van der Waals surface area contributed by atoms with E-state index < -0.39 is 5.97 Å². The van der Waals surface area contributed by atoms with Crippen molar-refractivity contribution in [2.45, 2.75) is 50.0 Å². The van der Waals surface area contributed by atoms with Crippen LogP contribution in [0.4, 0.5) is 0 Å². The molecule has 0 aliphatic heterocycles. The van der Waals surface area contributed by atoms with Gasteiger partial charge in [0.25, 0.3) is 5.22 Å².